The van der Waals surface area contributed by atoms with Crippen molar-refractivity contribution in [2.45, 2.75) is 12.9 Å². The Labute approximate surface area is 98.5 Å². The molecule has 0 atom stereocenters. The van der Waals surface area contributed by atoms with Gasteiger partial charge >= 0.3 is 12.3 Å². The zero-order valence-corrected chi connectivity index (χ0v) is 9.13. The number of hydrogen-bond donors (Lipinski definition) is 2. The van der Waals surface area contributed by atoms with Gasteiger partial charge in [-0.05, 0) is 6.07 Å². The first-order valence-electron chi connectivity index (χ1n) is 4.58. The minimum atomic E-state index is -4.97. The van der Waals surface area contributed by atoms with Gasteiger partial charge in [-0.25, -0.2) is 4.79 Å². The van der Waals surface area contributed by atoms with Crippen molar-refractivity contribution >= 4 is 5.97 Å². The van der Waals surface area contributed by atoms with Crippen LogP contribution in [0.5, 0.6) is 5.88 Å². The molecule has 0 saturated heterocycles. The number of aromatic amines is 1. The molecule has 0 aliphatic heterocycles. The summed E-state index contributed by atoms with van der Waals surface area (Å²) in [6.07, 6.45) is -4.97. The lowest BCUT2D eigenvalue weighted by atomic mass is 10.2. The van der Waals surface area contributed by atoms with E-state index in [1.54, 1.807) is 4.98 Å². The monoisotopic (exact) mass is 266 g/mol. The Morgan fingerprint density at radius 1 is 1.50 bits per heavy atom. The molecule has 1 aromatic rings. The van der Waals surface area contributed by atoms with Crippen LogP contribution >= 0.6 is 0 Å². The molecule has 0 aliphatic rings. The van der Waals surface area contributed by atoms with Crippen molar-refractivity contribution in [3.05, 3.63) is 27.5 Å². The van der Waals surface area contributed by atoms with E-state index in [2.05, 4.69) is 9.47 Å². The number of halogens is 3. The average molecular weight is 266 g/mol. The first-order valence-corrected chi connectivity index (χ1v) is 4.58. The number of aromatic nitrogens is 1. The third-order valence-electron chi connectivity index (χ3n) is 1.92. The summed E-state index contributed by atoms with van der Waals surface area (Å²) in [5, 5.41) is 0. The number of rotatable bonds is 3. The molecule has 0 aromatic carbocycles. The van der Waals surface area contributed by atoms with E-state index in [4.69, 9.17) is 5.73 Å². The highest BCUT2D eigenvalue weighted by Gasteiger charge is 2.33. The van der Waals surface area contributed by atoms with E-state index >= 15 is 0 Å². The molecular formula is C9H9F3N2O4. The van der Waals surface area contributed by atoms with Gasteiger partial charge in [-0.2, -0.15) is 0 Å². The van der Waals surface area contributed by atoms with Gasteiger partial charge in [0.25, 0.3) is 5.56 Å². The number of alkyl halides is 3. The standard InChI is InChI=1S/C9H9F3N2O4/c1-17-8(16)5-2-4(3-13)7(14-6(5)15)18-9(10,11)12/h2H,3,13H2,1H3,(H,14,15). The quantitative estimate of drug-likeness (QED) is 0.778. The summed E-state index contributed by atoms with van der Waals surface area (Å²) >= 11 is 0. The molecule has 0 fully saturated rings. The van der Waals surface area contributed by atoms with Crippen LogP contribution in [-0.4, -0.2) is 24.4 Å². The van der Waals surface area contributed by atoms with E-state index in [0.717, 1.165) is 13.2 Å². The van der Waals surface area contributed by atoms with Gasteiger partial charge in [0.15, 0.2) is 0 Å². The Bertz CT molecular complexity index is 510. The summed E-state index contributed by atoms with van der Waals surface area (Å²) in [6, 6.07) is 0.895. The Hall–Kier alpha value is -2.03. The highest BCUT2D eigenvalue weighted by molar-refractivity contribution is 5.89. The Balaban J connectivity index is 3.27. The fraction of sp³-hybridized carbons (Fsp3) is 0.333. The van der Waals surface area contributed by atoms with E-state index in [1.807, 2.05) is 0 Å². The van der Waals surface area contributed by atoms with Gasteiger partial charge in [-0.1, -0.05) is 0 Å². The van der Waals surface area contributed by atoms with Crippen LogP contribution in [0.2, 0.25) is 0 Å². The maximum atomic E-state index is 12.0. The summed E-state index contributed by atoms with van der Waals surface area (Å²) in [6.45, 7) is -0.355. The zero-order chi connectivity index (χ0) is 13.9. The molecule has 0 saturated carbocycles. The number of nitrogens with two attached hydrogens (primary N) is 1. The van der Waals surface area contributed by atoms with Gasteiger partial charge in [0, 0.05) is 12.1 Å². The number of pyridine rings is 1. The number of methoxy groups -OCH3 is 1. The highest BCUT2D eigenvalue weighted by Crippen LogP contribution is 2.23. The van der Waals surface area contributed by atoms with E-state index in [0.29, 0.717) is 0 Å². The third kappa shape index (κ3) is 3.23. The molecule has 1 heterocycles. The van der Waals surface area contributed by atoms with Crippen LogP contribution in [0.4, 0.5) is 13.2 Å². The van der Waals surface area contributed by atoms with E-state index < -0.39 is 29.3 Å². The van der Waals surface area contributed by atoms with Gasteiger partial charge < -0.3 is 15.2 Å². The highest BCUT2D eigenvalue weighted by atomic mass is 19.4. The first-order chi connectivity index (χ1) is 8.28. The van der Waals surface area contributed by atoms with Crippen molar-refractivity contribution in [1.29, 1.82) is 0 Å². The molecule has 1 rings (SSSR count). The van der Waals surface area contributed by atoms with Gasteiger partial charge in [0.05, 0.1) is 7.11 Å². The van der Waals surface area contributed by atoms with Crippen molar-refractivity contribution in [2.75, 3.05) is 7.11 Å². The normalized spacial score (nSPS) is 11.2. The van der Waals surface area contributed by atoms with Crippen molar-refractivity contribution in [3.8, 4) is 5.88 Å². The summed E-state index contributed by atoms with van der Waals surface area (Å²) in [5.41, 5.74) is 3.53. The number of esters is 1. The SMILES string of the molecule is COC(=O)c1cc(CN)c(OC(F)(F)F)[nH]c1=O. The fourth-order valence-corrected chi connectivity index (χ4v) is 1.18. The molecule has 18 heavy (non-hydrogen) atoms. The zero-order valence-electron chi connectivity index (χ0n) is 9.13. The second-order valence-electron chi connectivity index (χ2n) is 3.11. The maximum absolute atomic E-state index is 12.0. The lowest BCUT2D eigenvalue weighted by molar-refractivity contribution is -0.276. The number of carbonyl (C=O) groups excluding carboxylic acids is 1. The predicted molar refractivity (Wildman–Crippen MR) is 53.0 cm³/mol. The largest absolute Gasteiger partial charge is 0.574 e. The summed E-state index contributed by atoms with van der Waals surface area (Å²) < 4.78 is 44.0. The Morgan fingerprint density at radius 3 is 2.56 bits per heavy atom. The van der Waals surface area contributed by atoms with E-state index in [1.165, 1.54) is 0 Å². The van der Waals surface area contributed by atoms with Gasteiger partial charge in [0.1, 0.15) is 5.56 Å². The Morgan fingerprint density at radius 2 is 2.11 bits per heavy atom. The van der Waals surface area contributed by atoms with Crippen molar-refractivity contribution in [3.63, 3.8) is 0 Å². The van der Waals surface area contributed by atoms with E-state index in [9.17, 15) is 22.8 Å². The van der Waals surface area contributed by atoms with Crippen LogP contribution < -0.4 is 16.0 Å². The average Bonchev–Trinajstić information content (AvgIpc) is 2.26. The van der Waals surface area contributed by atoms with Gasteiger partial charge in [-0.3, -0.25) is 9.78 Å². The molecule has 1 aromatic heterocycles. The Kier molecular flexibility index (Phi) is 3.96. The van der Waals surface area contributed by atoms with Crippen LogP contribution in [0.15, 0.2) is 10.9 Å². The van der Waals surface area contributed by atoms with Crippen molar-refractivity contribution < 1.29 is 27.4 Å². The number of nitrogens with one attached hydrogen (secondary N) is 1. The van der Waals surface area contributed by atoms with Crippen molar-refractivity contribution in [2.24, 2.45) is 5.73 Å². The number of H-pyrrole nitrogens is 1. The molecular weight excluding hydrogens is 257 g/mol. The summed E-state index contributed by atoms with van der Waals surface area (Å²) in [7, 11) is 1.03. The molecule has 0 amide bonds. The molecule has 100 valence electrons. The molecule has 0 aliphatic carbocycles. The molecule has 0 spiro atoms. The van der Waals surface area contributed by atoms with Crippen LogP contribution in [0.25, 0.3) is 0 Å². The van der Waals surface area contributed by atoms with Crippen molar-refractivity contribution in [1.82, 2.24) is 4.98 Å². The number of carbonyl (C=O) groups is 1. The summed E-state index contributed by atoms with van der Waals surface area (Å²) in [4.78, 5) is 24.3. The predicted octanol–water partition coefficient (Wildman–Crippen LogP) is 0.519. The van der Waals surface area contributed by atoms with Crippen LogP contribution in [0.1, 0.15) is 15.9 Å². The van der Waals surface area contributed by atoms with Crippen LogP contribution in [0.3, 0.4) is 0 Å². The minimum absolute atomic E-state index is 0.174. The summed E-state index contributed by atoms with van der Waals surface area (Å²) in [5.74, 6) is -1.83. The van der Waals surface area contributed by atoms with Crippen LogP contribution in [0, 0.1) is 0 Å². The maximum Gasteiger partial charge on any atom is 0.574 e. The second kappa shape index (κ2) is 5.08. The van der Waals surface area contributed by atoms with Gasteiger partial charge in [-0.15, -0.1) is 13.2 Å². The van der Waals surface area contributed by atoms with Crippen LogP contribution in [-0.2, 0) is 11.3 Å². The van der Waals surface area contributed by atoms with E-state index in [-0.39, 0.29) is 12.1 Å². The third-order valence-corrected chi connectivity index (χ3v) is 1.92. The lowest BCUT2D eigenvalue weighted by Crippen LogP contribution is -2.25. The smallest absolute Gasteiger partial charge is 0.465 e. The second-order valence-corrected chi connectivity index (χ2v) is 3.11. The number of hydrogen-bond acceptors (Lipinski definition) is 5. The molecule has 6 nitrogen and oxygen atoms in total. The minimum Gasteiger partial charge on any atom is -0.465 e. The number of ether oxygens (including phenoxy) is 2. The van der Waals surface area contributed by atoms with Gasteiger partial charge in [0.2, 0.25) is 5.88 Å². The molecule has 9 heteroatoms. The molecule has 0 radical (unpaired) electrons. The lowest BCUT2D eigenvalue weighted by Gasteiger charge is -2.12. The molecule has 0 bridgehead atoms. The molecule has 0 unspecified atom stereocenters. The topological polar surface area (TPSA) is 94.4 Å². The fourth-order valence-electron chi connectivity index (χ4n) is 1.18. The first kappa shape index (κ1) is 14.0. The molecule has 3 N–H and O–H groups in total.